The minimum Gasteiger partial charge on any atom is -0.378 e. The average molecular weight is 391 g/mol. The molecule has 0 saturated carbocycles. The zero-order valence-electron chi connectivity index (χ0n) is 18.2. The fourth-order valence-corrected chi connectivity index (χ4v) is 3.91. The number of benzene rings is 2. The van der Waals surface area contributed by atoms with Gasteiger partial charge in [0.1, 0.15) is 0 Å². The first kappa shape index (κ1) is 20.6. The van der Waals surface area contributed by atoms with Crippen LogP contribution in [-0.2, 0) is 0 Å². The number of fused-ring (bicyclic) bond motifs is 1. The normalized spacial score (nSPS) is 15.1. The molecule has 0 aromatic heterocycles. The Labute approximate surface area is 173 Å². The van der Waals surface area contributed by atoms with Gasteiger partial charge in [-0.3, -0.25) is 4.79 Å². The maximum atomic E-state index is 12.4. The Bertz CT molecular complexity index is 973. The Morgan fingerprint density at radius 1 is 1.21 bits per heavy atom. The molecule has 5 heteroatoms. The summed E-state index contributed by atoms with van der Waals surface area (Å²) in [5.74, 6) is -0.224. The predicted molar refractivity (Wildman–Crippen MR) is 123 cm³/mol. The number of allylic oxidation sites excluding steroid dienone is 1. The van der Waals surface area contributed by atoms with Crippen LogP contribution < -0.4 is 15.2 Å². The van der Waals surface area contributed by atoms with E-state index >= 15 is 0 Å². The lowest BCUT2D eigenvalue weighted by atomic mass is 9.88. The van der Waals surface area contributed by atoms with Crippen LogP contribution in [0.1, 0.15) is 49.2 Å². The minimum absolute atomic E-state index is 0.00346. The summed E-state index contributed by atoms with van der Waals surface area (Å²) in [5, 5.41) is 4.16. The molecule has 2 aromatic rings. The molecule has 1 aliphatic heterocycles. The third-order valence-electron chi connectivity index (χ3n) is 5.32. The van der Waals surface area contributed by atoms with Crippen molar-refractivity contribution >= 4 is 29.1 Å². The van der Waals surface area contributed by atoms with Gasteiger partial charge in [0, 0.05) is 43.1 Å². The number of carbonyl (C=O) groups excluding carboxylic acids is 1. The highest BCUT2D eigenvalue weighted by Gasteiger charge is 2.29. The first-order valence-corrected chi connectivity index (χ1v) is 9.95. The number of amides is 1. The number of hydrogen-bond acceptors (Lipinski definition) is 4. The van der Waals surface area contributed by atoms with E-state index in [4.69, 9.17) is 0 Å². The van der Waals surface area contributed by atoms with Crippen LogP contribution in [0.25, 0.3) is 5.57 Å². The van der Waals surface area contributed by atoms with Crippen LogP contribution >= 0.6 is 0 Å². The van der Waals surface area contributed by atoms with Crippen LogP contribution in [0.5, 0.6) is 0 Å². The number of likely N-dealkylation sites (N-methyl/N-ethyl adjacent to an activating group) is 1. The standard InChI is InChI=1S/C24H30N4O/c1-7-28-22-12-11-18(13-21(22)17(2)15-24(28,3)4)16-25-26-23(29)19-9-8-10-20(14-19)27(5)6/h8-16H,7H2,1-6H3,(H,26,29)/b25-16-. The molecule has 1 heterocycles. The summed E-state index contributed by atoms with van der Waals surface area (Å²) in [5.41, 5.74) is 8.83. The van der Waals surface area contributed by atoms with Gasteiger partial charge >= 0.3 is 0 Å². The summed E-state index contributed by atoms with van der Waals surface area (Å²) in [6.45, 7) is 9.74. The second-order valence-corrected chi connectivity index (χ2v) is 8.15. The molecule has 1 aliphatic rings. The molecule has 0 spiro atoms. The molecule has 0 atom stereocenters. The van der Waals surface area contributed by atoms with E-state index in [1.54, 1.807) is 12.3 Å². The molecule has 29 heavy (non-hydrogen) atoms. The Hall–Kier alpha value is -3.08. The largest absolute Gasteiger partial charge is 0.378 e. The SMILES string of the molecule is CCN1c2ccc(/C=N\NC(=O)c3cccc(N(C)C)c3)cc2C(C)=CC1(C)C. The molecule has 0 bridgehead atoms. The number of rotatable bonds is 5. The number of anilines is 2. The van der Waals surface area contributed by atoms with Crippen molar-refractivity contribution in [3.05, 3.63) is 65.2 Å². The molecular weight excluding hydrogens is 360 g/mol. The van der Waals surface area contributed by atoms with Crippen molar-refractivity contribution in [3.8, 4) is 0 Å². The van der Waals surface area contributed by atoms with E-state index in [9.17, 15) is 4.79 Å². The molecule has 5 nitrogen and oxygen atoms in total. The Morgan fingerprint density at radius 2 is 1.97 bits per heavy atom. The van der Waals surface area contributed by atoms with E-state index < -0.39 is 0 Å². The Kier molecular flexibility index (Phi) is 5.78. The fourth-order valence-electron chi connectivity index (χ4n) is 3.91. The second kappa shape index (κ2) is 8.11. The summed E-state index contributed by atoms with van der Waals surface area (Å²) >= 11 is 0. The van der Waals surface area contributed by atoms with Crippen molar-refractivity contribution in [2.45, 2.75) is 33.2 Å². The lowest BCUT2D eigenvalue weighted by Crippen LogP contribution is -2.44. The topological polar surface area (TPSA) is 47.9 Å². The van der Waals surface area contributed by atoms with Crippen LogP contribution in [0.3, 0.4) is 0 Å². The molecule has 152 valence electrons. The predicted octanol–water partition coefficient (Wildman–Crippen LogP) is 4.54. The minimum atomic E-state index is -0.224. The van der Waals surface area contributed by atoms with Gasteiger partial charge in [-0.25, -0.2) is 5.43 Å². The van der Waals surface area contributed by atoms with Gasteiger partial charge in [0.05, 0.1) is 11.8 Å². The summed E-state index contributed by atoms with van der Waals surface area (Å²) < 4.78 is 0. The quantitative estimate of drug-likeness (QED) is 0.602. The summed E-state index contributed by atoms with van der Waals surface area (Å²) in [6, 6.07) is 13.8. The highest BCUT2D eigenvalue weighted by atomic mass is 16.2. The third-order valence-corrected chi connectivity index (χ3v) is 5.32. The van der Waals surface area contributed by atoms with Crippen molar-refractivity contribution in [2.75, 3.05) is 30.4 Å². The lowest BCUT2D eigenvalue weighted by Gasteiger charge is -2.42. The van der Waals surface area contributed by atoms with Crippen LogP contribution in [0.2, 0.25) is 0 Å². The van der Waals surface area contributed by atoms with Gasteiger partial charge in [-0.05, 0) is 69.2 Å². The van der Waals surface area contributed by atoms with Gasteiger partial charge in [-0.1, -0.05) is 18.2 Å². The number of carbonyl (C=O) groups is 1. The molecule has 0 radical (unpaired) electrons. The number of hydrogen-bond donors (Lipinski definition) is 1. The van der Waals surface area contributed by atoms with Crippen molar-refractivity contribution in [2.24, 2.45) is 5.10 Å². The van der Waals surface area contributed by atoms with Crippen molar-refractivity contribution in [3.63, 3.8) is 0 Å². The van der Waals surface area contributed by atoms with Crippen LogP contribution in [0.4, 0.5) is 11.4 Å². The van der Waals surface area contributed by atoms with Crippen LogP contribution in [0, 0.1) is 0 Å². The Morgan fingerprint density at radius 3 is 2.66 bits per heavy atom. The zero-order valence-corrected chi connectivity index (χ0v) is 18.2. The smallest absolute Gasteiger partial charge is 0.271 e. The van der Waals surface area contributed by atoms with Gasteiger partial charge in [-0.2, -0.15) is 5.10 Å². The van der Waals surface area contributed by atoms with Crippen molar-refractivity contribution < 1.29 is 4.79 Å². The average Bonchev–Trinajstić information content (AvgIpc) is 2.68. The van der Waals surface area contributed by atoms with Crippen molar-refractivity contribution in [1.29, 1.82) is 0 Å². The number of nitrogens with zero attached hydrogens (tertiary/aromatic N) is 3. The highest BCUT2D eigenvalue weighted by molar-refractivity contribution is 5.96. The summed E-state index contributed by atoms with van der Waals surface area (Å²) in [4.78, 5) is 16.7. The van der Waals surface area contributed by atoms with Gasteiger partial charge in [0.25, 0.3) is 5.91 Å². The molecule has 1 N–H and O–H groups in total. The first-order valence-electron chi connectivity index (χ1n) is 9.95. The molecule has 0 saturated heterocycles. The Balaban J connectivity index is 1.76. The third kappa shape index (κ3) is 4.34. The molecular formula is C24H30N4O. The molecule has 2 aromatic carbocycles. The second-order valence-electron chi connectivity index (χ2n) is 8.15. The number of hydrazone groups is 1. The first-order chi connectivity index (χ1) is 13.7. The molecule has 1 amide bonds. The maximum Gasteiger partial charge on any atom is 0.271 e. The molecule has 3 rings (SSSR count). The van der Waals surface area contributed by atoms with Gasteiger partial charge in [-0.15, -0.1) is 0 Å². The van der Waals surface area contributed by atoms with Crippen LogP contribution in [-0.4, -0.2) is 38.3 Å². The van der Waals surface area contributed by atoms with Crippen molar-refractivity contribution in [1.82, 2.24) is 5.43 Å². The van der Waals surface area contributed by atoms with E-state index in [2.05, 4.69) is 61.3 Å². The lowest BCUT2D eigenvalue weighted by molar-refractivity contribution is 0.0955. The summed E-state index contributed by atoms with van der Waals surface area (Å²) in [6.07, 6.45) is 4.00. The monoisotopic (exact) mass is 390 g/mol. The molecule has 0 unspecified atom stereocenters. The van der Waals surface area contributed by atoms with Gasteiger partial charge in [0.15, 0.2) is 0 Å². The molecule has 0 aliphatic carbocycles. The van der Waals surface area contributed by atoms with Gasteiger partial charge < -0.3 is 9.80 Å². The maximum absolute atomic E-state index is 12.4. The summed E-state index contributed by atoms with van der Waals surface area (Å²) in [7, 11) is 3.89. The van der Waals surface area contributed by atoms with E-state index in [0.29, 0.717) is 5.56 Å². The van der Waals surface area contributed by atoms with E-state index in [1.807, 2.05) is 43.3 Å². The van der Waals surface area contributed by atoms with Gasteiger partial charge in [0.2, 0.25) is 0 Å². The molecule has 0 fully saturated rings. The van der Waals surface area contributed by atoms with E-state index in [-0.39, 0.29) is 11.4 Å². The number of nitrogens with one attached hydrogen (secondary N) is 1. The van der Waals surface area contributed by atoms with E-state index in [1.165, 1.54) is 16.8 Å². The highest BCUT2D eigenvalue weighted by Crippen LogP contribution is 2.38. The van der Waals surface area contributed by atoms with E-state index in [0.717, 1.165) is 17.8 Å². The fraction of sp³-hybridized carbons (Fsp3) is 0.333. The van der Waals surface area contributed by atoms with Crippen LogP contribution in [0.15, 0.2) is 53.6 Å². The zero-order chi connectivity index (χ0) is 21.2.